The molecule has 0 amide bonds. The maximum absolute atomic E-state index is 15.1. The Labute approximate surface area is 226 Å². The summed E-state index contributed by atoms with van der Waals surface area (Å²) >= 11 is 0. The van der Waals surface area contributed by atoms with Crippen LogP contribution in [0.2, 0.25) is 0 Å². The van der Waals surface area contributed by atoms with E-state index in [1.165, 1.54) is 31.2 Å². The van der Waals surface area contributed by atoms with Crippen LogP contribution in [0, 0.1) is 11.6 Å². The Kier molecular flexibility index (Phi) is 10.1. The molecule has 0 fully saturated rings. The third-order valence-electron chi connectivity index (χ3n) is 7.07. The van der Waals surface area contributed by atoms with Gasteiger partial charge in [-0.05, 0) is 59.2 Å². The summed E-state index contributed by atoms with van der Waals surface area (Å²) in [5.41, 5.74) is 5.17. The quantitative estimate of drug-likeness (QED) is 0.162. The summed E-state index contributed by atoms with van der Waals surface area (Å²) in [7, 11) is 0. The van der Waals surface area contributed by atoms with Gasteiger partial charge in [0.25, 0.3) is 0 Å². The highest BCUT2D eigenvalue weighted by Gasteiger charge is 2.16. The van der Waals surface area contributed by atoms with Crippen LogP contribution in [0.3, 0.4) is 0 Å². The van der Waals surface area contributed by atoms with E-state index in [9.17, 15) is 0 Å². The van der Waals surface area contributed by atoms with Crippen molar-refractivity contribution in [3.63, 3.8) is 0 Å². The highest BCUT2D eigenvalue weighted by molar-refractivity contribution is 5.74. The maximum Gasteiger partial charge on any atom is 0.167 e. The van der Waals surface area contributed by atoms with Crippen molar-refractivity contribution in [3.05, 3.63) is 102 Å². The molecule has 0 radical (unpaired) electrons. The van der Waals surface area contributed by atoms with Crippen molar-refractivity contribution >= 4 is 0 Å². The van der Waals surface area contributed by atoms with E-state index in [1.54, 1.807) is 12.1 Å². The van der Waals surface area contributed by atoms with Crippen LogP contribution in [-0.2, 0) is 6.42 Å². The van der Waals surface area contributed by atoms with Gasteiger partial charge in [0.1, 0.15) is 5.75 Å². The Morgan fingerprint density at radius 2 is 0.974 bits per heavy atom. The van der Waals surface area contributed by atoms with Crippen LogP contribution in [-0.4, -0.2) is 6.61 Å². The van der Waals surface area contributed by atoms with E-state index in [1.807, 2.05) is 72.8 Å². The van der Waals surface area contributed by atoms with Gasteiger partial charge < -0.3 is 4.74 Å². The van der Waals surface area contributed by atoms with Crippen molar-refractivity contribution in [1.82, 2.24) is 0 Å². The van der Waals surface area contributed by atoms with Gasteiger partial charge in [-0.1, -0.05) is 119 Å². The first-order chi connectivity index (χ1) is 18.6. The summed E-state index contributed by atoms with van der Waals surface area (Å²) in [6.45, 7) is 5.12. The molecule has 0 bridgehead atoms. The minimum Gasteiger partial charge on any atom is -0.494 e. The minimum absolute atomic E-state index is 0.264. The summed E-state index contributed by atoms with van der Waals surface area (Å²) in [5.74, 6) is -0.760. The zero-order valence-corrected chi connectivity index (χ0v) is 22.6. The second kappa shape index (κ2) is 13.9. The number of aryl methyl sites for hydroxylation is 1. The van der Waals surface area contributed by atoms with E-state index < -0.39 is 11.6 Å². The average molecular weight is 513 g/mol. The van der Waals surface area contributed by atoms with Crippen molar-refractivity contribution < 1.29 is 13.5 Å². The van der Waals surface area contributed by atoms with E-state index >= 15 is 8.78 Å². The highest BCUT2D eigenvalue weighted by atomic mass is 19.2. The molecule has 0 N–H and O–H groups in total. The monoisotopic (exact) mass is 512 g/mol. The van der Waals surface area contributed by atoms with Gasteiger partial charge in [-0.3, -0.25) is 0 Å². The van der Waals surface area contributed by atoms with Gasteiger partial charge >= 0.3 is 0 Å². The Bertz CT molecular complexity index is 1280. The molecule has 4 aromatic carbocycles. The zero-order chi connectivity index (χ0) is 26.7. The van der Waals surface area contributed by atoms with E-state index in [-0.39, 0.29) is 11.1 Å². The first-order valence-corrected chi connectivity index (χ1v) is 14.0. The smallest absolute Gasteiger partial charge is 0.167 e. The minimum atomic E-state index is -0.818. The second-order valence-electron chi connectivity index (χ2n) is 9.95. The summed E-state index contributed by atoms with van der Waals surface area (Å²) in [4.78, 5) is 0. The summed E-state index contributed by atoms with van der Waals surface area (Å²) in [5, 5.41) is 0. The molecule has 0 atom stereocenters. The lowest BCUT2D eigenvalue weighted by molar-refractivity contribution is 0.304. The first-order valence-electron chi connectivity index (χ1n) is 14.0. The maximum atomic E-state index is 15.1. The fraction of sp³-hybridized carbons (Fsp3) is 0.314. The molecular weight excluding hydrogens is 474 g/mol. The second-order valence-corrected chi connectivity index (χ2v) is 9.95. The number of ether oxygens (including phenoxy) is 1. The van der Waals surface area contributed by atoms with E-state index in [0.29, 0.717) is 11.1 Å². The van der Waals surface area contributed by atoms with Crippen LogP contribution in [0.15, 0.2) is 84.9 Å². The largest absolute Gasteiger partial charge is 0.494 e. The van der Waals surface area contributed by atoms with Gasteiger partial charge in [0.15, 0.2) is 11.6 Å². The fourth-order valence-electron chi connectivity index (χ4n) is 4.71. The van der Waals surface area contributed by atoms with Crippen molar-refractivity contribution in [2.75, 3.05) is 6.61 Å². The molecule has 0 saturated heterocycles. The molecule has 3 heteroatoms. The lowest BCUT2D eigenvalue weighted by Crippen LogP contribution is -1.97. The average Bonchev–Trinajstić information content (AvgIpc) is 2.96. The Morgan fingerprint density at radius 1 is 0.500 bits per heavy atom. The molecule has 38 heavy (non-hydrogen) atoms. The van der Waals surface area contributed by atoms with Crippen LogP contribution in [0.1, 0.15) is 64.4 Å². The van der Waals surface area contributed by atoms with Gasteiger partial charge in [-0.25, -0.2) is 8.78 Å². The predicted molar refractivity (Wildman–Crippen MR) is 156 cm³/mol. The molecule has 0 aliphatic rings. The molecule has 0 aliphatic carbocycles. The van der Waals surface area contributed by atoms with Crippen LogP contribution >= 0.6 is 0 Å². The molecule has 1 nitrogen and oxygen atoms in total. The van der Waals surface area contributed by atoms with Crippen LogP contribution in [0.4, 0.5) is 8.78 Å². The first kappa shape index (κ1) is 27.6. The molecular formula is C35H38F2O. The SMILES string of the molecule is CCCCCCCOc1ccc(-c2ccc(-c3ccc(-c4ccc(CCCC)cc4)c(F)c3F)cc2)cc1. The standard InChI is InChI=1S/C35H38F2O/c1-3-5-7-8-9-25-38-31-21-19-28(20-22-31)27-15-17-30(18-16-27)33-24-23-32(34(36)35(33)37)29-13-11-26(12-14-29)10-6-4-2/h11-24H,3-10,25H2,1-2H3. The van der Waals surface area contributed by atoms with Crippen LogP contribution in [0.25, 0.3) is 33.4 Å². The number of hydrogen-bond donors (Lipinski definition) is 0. The fourth-order valence-corrected chi connectivity index (χ4v) is 4.71. The van der Waals surface area contributed by atoms with E-state index in [4.69, 9.17) is 4.74 Å². The lowest BCUT2D eigenvalue weighted by Gasteiger charge is -2.11. The molecule has 0 unspecified atom stereocenters. The zero-order valence-electron chi connectivity index (χ0n) is 22.6. The third-order valence-corrected chi connectivity index (χ3v) is 7.07. The third kappa shape index (κ3) is 7.10. The molecule has 4 rings (SSSR count). The summed E-state index contributed by atoms with van der Waals surface area (Å²) in [6.07, 6.45) is 9.33. The van der Waals surface area contributed by atoms with Crippen molar-refractivity contribution in [3.8, 4) is 39.1 Å². The Morgan fingerprint density at radius 3 is 1.53 bits per heavy atom. The Balaban J connectivity index is 1.41. The van der Waals surface area contributed by atoms with Gasteiger partial charge in [0, 0.05) is 11.1 Å². The van der Waals surface area contributed by atoms with Crippen molar-refractivity contribution in [2.45, 2.75) is 65.2 Å². The van der Waals surface area contributed by atoms with Crippen LogP contribution in [0.5, 0.6) is 5.75 Å². The van der Waals surface area contributed by atoms with E-state index in [0.717, 1.165) is 49.2 Å². The van der Waals surface area contributed by atoms with Gasteiger partial charge in [0.05, 0.1) is 6.61 Å². The number of hydrogen-bond acceptors (Lipinski definition) is 1. The lowest BCUT2D eigenvalue weighted by atomic mass is 9.96. The van der Waals surface area contributed by atoms with E-state index in [2.05, 4.69) is 13.8 Å². The topological polar surface area (TPSA) is 9.23 Å². The van der Waals surface area contributed by atoms with Gasteiger partial charge in [0.2, 0.25) is 0 Å². The van der Waals surface area contributed by atoms with Crippen molar-refractivity contribution in [1.29, 1.82) is 0 Å². The number of rotatable bonds is 13. The predicted octanol–water partition coefficient (Wildman–Crippen LogP) is 10.7. The summed E-state index contributed by atoms with van der Waals surface area (Å²) < 4.78 is 36.1. The van der Waals surface area contributed by atoms with Crippen molar-refractivity contribution in [2.24, 2.45) is 0 Å². The Hall–Kier alpha value is -3.46. The van der Waals surface area contributed by atoms with Crippen LogP contribution < -0.4 is 4.74 Å². The highest BCUT2D eigenvalue weighted by Crippen LogP contribution is 2.33. The molecule has 0 spiro atoms. The number of benzene rings is 4. The van der Waals surface area contributed by atoms with Gasteiger partial charge in [-0.15, -0.1) is 0 Å². The number of unbranched alkanes of at least 4 members (excludes halogenated alkanes) is 5. The van der Waals surface area contributed by atoms with Gasteiger partial charge in [-0.2, -0.15) is 0 Å². The normalized spacial score (nSPS) is 11.1. The number of halogens is 2. The molecule has 198 valence electrons. The molecule has 4 aromatic rings. The molecule has 0 heterocycles. The molecule has 0 aromatic heterocycles. The molecule has 0 aliphatic heterocycles. The molecule has 0 saturated carbocycles. The summed E-state index contributed by atoms with van der Waals surface area (Å²) in [6, 6.07) is 26.7.